The number of rotatable bonds is 8. The zero-order chi connectivity index (χ0) is 22.4. The number of carbonyl (C=O) groups excluding carboxylic acids is 1. The number of hydrogen-bond donors (Lipinski definition) is 2. The first-order valence-electron chi connectivity index (χ1n) is 8.95. The van der Waals surface area contributed by atoms with Gasteiger partial charge in [0.2, 0.25) is 0 Å². The van der Waals surface area contributed by atoms with E-state index in [4.69, 9.17) is 16.3 Å². The fourth-order valence-electron chi connectivity index (χ4n) is 2.64. The first-order chi connectivity index (χ1) is 14.8. The Kier molecular flexibility index (Phi) is 6.88. The van der Waals surface area contributed by atoms with Gasteiger partial charge in [-0.1, -0.05) is 41.9 Å². The molecule has 2 aromatic carbocycles. The minimum absolute atomic E-state index is 0.249. The van der Waals surface area contributed by atoms with Crippen molar-refractivity contribution in [2.24, 2.45) is 0 Å². The fraction of sp³-hybridized carbons (Fsp3) is 0.0952. The Bertz CT molecular complexity index is 1220. The number of nitrogens with one attached hydrogen (secondary N) is 1. The van der Waals surface area contributed by atoms with Crippen LogP contribution in [0.3, 0.4) is 0 Å². The molecule has 0 atom stereocenters. The van der Waals surface area contributed by atoms with Gasteiger partial charge in [-0.15, -0.1) is 0 Å². The summed E-state index contributed by atoms with van der Waals surface area (Å²) in [6, 6.07) is 16.4. The van der Waals surface area contributed by atoms with Gasteiger partial charge >= 0.3 is 5.97 Å². The van der Waals surface area contributed by atoms with Crippen molar-refractivity contribution < 1.29 is 27.9 Å². The lowest BCUT2D eigenvalue weighted by atomic mass is 10.2. The average Bonchev–Trinajstić information content (AvgIpc) is 2.77. The number of pyridine rings is 1. The van der Waals surface area contributed by atoms with Gasteiger partial charge < -0.3 is 15.2 Å². The highest BCUT2D eigenvalue weighted by Crippen LogP contribution is 2.29. The summed E-state index contributed by atoms with van der Waals surface area (Å²) in [5.74, 6) is -1.14. The maximum absolute atomic E-state index is 12.6. The second-order valence-corrected chi connectivity index (χ2v) is 8.59. The van der Waals surface area contributed by atoms with E-state index in [1.807, 2.05) is 30.3 Å². The van der Waals surface area contributed by atoms with Gasteiger partial charge in [-0.05, 0) is 35.9 Å². The average molecular weight is 461 g/mol. The molecule has 0 bridgehead atoms. The number of ether oxygens (including phenoxy) is 1. The van der Waals surface area contributed by atoms with Crippen molar-refractivity contribution in [1.29, 1.82) is 0 Å². The number of benzene rings is 2. The summed E-state index contributed by atoms with van der Waals surface area (Å²) in [5.41, 5.74) is 0.648. The highest BCUT2D eigenvalue weighted by Gasteiger charge is 2.31. The normalized spacial score (nSPS) is 11.0. The van der Waals surface area contributed by atoms with Crippen LogP contribution >= 0.6 is 11.6 Å². The third kappa shape index (κ3) is 5.39. The predicted octanol–water partition coefficient (Wildman–Crippen LogP) is 3.42. The van der Waals surface area contributed by atoms with Crippen LogP contribution in [-0.2, 0) is 21.2 Å². The molecule has 0 saturated carbocycles. The number of halogens is 1. The Hall–Kier alpha value is -3.43. The van der Waals surface area contributed by atoms with Crippen LogP contribution in [0, 0.1) is 0 Å². The largest absolute Gasteiger partial charge is 0.487 e. The quantitative estimate of drug-likeness (QED) is 0.524. The summed E-state index contributed by atoms with van der Waals surface area (Å²) in [6.45, 7) is -0.390. The van der Waals surface area contributed by atoms with Gasteiger partial charge in [0, 0.05) is 11.2 Å². The van der Waals surface area contributed by atoms with E-state index in [-0.39, 0.29) is 6.61 Å². The molecule has 160 valence electrons. The van der Waals surface area contributed by atoms with Crippen LogP contribution < -0.4 is 10.1 Å². The smallest absolute Gasteiger partial charge is 0.338 e. The molecule has 31 heavy (non-hydrogen) atoms. The van der Waals surface area contributed by atoms with E-state index in [9.17, 15) is 23.1 Å². The molecule has 3 rings (SSSR count). The van der Waals surface area contributed by atoms with Gasteiger partial charge in [0.05, 0.1) is 17.8 Å². The molecule has 1 heterocycles. The molecule has 0 saturated heterocycles. The van der Waals surface area contributed by atoms with Gasteiger partial charge in [0.15, 0.2) is 5.03 Å². The van der Waals surface area contributed by atoms with E-state index < -0.39 is 38.1 Å². The molecule has 0 unspecified atom stereocenters. The van der Waals surface area contributed by atoms with Gasteiger partial charge in [-0.2, -0.15) is 0 Å². The minimum atomic E-state index is -4.63. The number of hydrogen-bond acceptors (Lipinski definition) is 7. The molecule has 0 aliphatic carbocycles. The number of carbonyl (C=O) groups is 2. The topological polar surface area (TPSA) is 123 Å². The molecular formula is C21H17ClN2O6S. The molecule has 10 heteroatoms. The number of aromatic nitrogens is 1. The molecule has 0 aliphatic rings. The van der Waals surface area contributed by atoms with E-state index in [2.05, 4.69) is 10.3 Å². The third-order valence-electron chi connectivity index (χ3n) is 4.16. The summed E-state index contributed by atoms with van der Waals surface area (Å²) in [6.07, 6.45) is 1.10. The van der Waals surface area contributed by atoms with Crippen LogP contribution in [0.5, 0.6) is 5.75 Å². The lowest BCUT2D eigenvalue weighted by Gasteiger charge is -2.14. The Labute approximate surface area is 183 Å². The molecule has 3 aromatic rings. The van der Waals surface area contributed by atoms with Crippen molar-refractivity contribution in [2.75, 3.05) is 11.9 Å². The molecule has 2 N–H and O–H groups in total. The Morgan fingerprint density at radius 3 is 2.52 bits per heavy atom. The summed E-state index contributed by atoms with van der Waals surface area (Å²) < 4.78 is 30.9. The standard InChI is InChI=1S/C21H17ClN2O6S/c22-15-8-9-18(30-13-14-5-2-1-3-6-14)17(11-15)24-12-19(25)31(28,29)20-16(21(26)27)7-4-10-23-20/h1-11,24H,12-13H2,(H,26,27). The third-order valence-corrected chi connectivity index (χ3v) is 5.97. The predicted molar refractivity (Wildman–Crippen MR) is 114 cm³/mol. The highest BCUT2D eigenvalue weighted by atomic mass is 35.5. The first kappa shape index (κ1) is 22.3. The molecular weight excluding hydrogens is 444 g/mol. The van der Waals surface area contributed by atoms with Crippen LogP contribution in [0.1, 0.15) is 15.9 Å². The molecule has 0 fully saturated rings. The van der Waals surface area contributed by atoms with Crippen LogP contribution in [-0.4, -0.2) is 36.1 Å². The van der Waals surface area contributed by atoms with E-state index in [0.29, 0.717) is 16.5 Å². The van der Waals surface area contributed by atoms with Crippen molar-refractivity contribution in [1.82, 2.24) is 4.98 Å². The molecule has 8 nitrogen and oxygen atoms in total. The molecule has 0 aliphatic heterocycles. The number of carboxylic acids is 1. The van der Waals surface area contributed by atoms with E-state index >= 15 is 0 Å². The van der Waals surface area contributed by atoms with Gasteiger partial charge in [0.25, 0.3) is 15.0 Å². The van der Waals surface area contributed by atoms with Crippen molar-refractivity contribution in [3.63, 3.8) is 0 Å². The highest BCUT2D eigenvalue weighted by molar-refractivity contribution is 8.06. The maximum Gasteiger partial charge on any atom is 0.338 e. The lowest BCUT2D eigenvalue weighted by molar-refractivity contribution is -0.110. The van der Waals surface area contributed by atoms with Crippen molar-refractivity contribution >= 4 is 38.2 Å². The van der Waals surface area contributed by atoms with E-state index in [1.54, 1.807) is 12.1 Å². The zero-order valence-electron chi connectivity index (χ0n) is 16.0. The molecule has 0 spiro atoms. The van der Waals surface area contributed by atoms with Gasteiger partial charge in [-0.25, -0.2) is 18.2 Å². The summed E-state index contributed by atoms with van der Waals surface area (Å²) >= 11 is 6.02. The van der Waals surface area contributed by atoms with Crippen molar-refractivity contribution in [3.8, 4) is 5.75 Å². The van der Waals surface area contributed by atoms with Crippen molar-refractivity contribution in [2.45, 2.75) is 11.6 Å². The second kappa shape index (κ2) is 9.59. The van der Waals surface area contributed by atoms with Crippen LogP contribution in [0.25, 0.3) is 0 Å². The van der Waals surface area contributed by atoms with Gasteiger partial charge in [-0.3, -0.25) is 4.79 Å². The monoisotopic (exact) mass is 460 g/mol. The summed E-state index contributed by atoms with van der Waals surface area (Å²) in [4.78, 5) is 27.3. The Balaban J connectivity index is 1.77. The SMILES string of the molecule is O=C(O)c1cccnc1S(=O)(=O)C(=O)CNc1cc(Cl)ccc1OCc1ccccc1. The fourth-order valence-corrected chi connectivity index (χ4v) is 3.93. The number of nitrogens with zero attached hydrogens (tertiary/aromatic N) is 1. The number of carboxylic acid groups (broad SMARTS) is 1. The number of sulfone groups is 1. The van der Waals surface area contributed by atoms with Crippen LogP contribution in [0.4, 0.5) is 5.69 Å². The summed E-state index contributed by atoms with van der Waals surface area (Å²) in [7, 11) is -4.63. The molecule has 0 amide bonds. The van der Waals surface area contributed by atoms with E-state index in [0.717, 1.165) is 17.8 Å². The number of aromatic carboxylic acids is 1. The van der Waals surface area contributed by atoms with Crippen molar-refractivity contribution in [3.05, 3.63) is 83.0 Å². The lowest BCUT2D eigenvalue weighted by Crippen LogP contribution is -2.26. The molecule has 0 radical (unpaired) electrons. The van der Waals surface area contributed by atoms with Crippen LogP contribution in [0.15, 0.2) is 71.9 Å². The Morgan fingerprint density at radius 1 is 1.06 bits per heavy atom. The summed E-state index contributed by atoms with van der Waals surface area (Å²) in [5, 5.41) is 10.2. The van der Waals surface area contributed by atoms with E-state index in [1.165, 1.54) is 12.1 Å². The Morgan fingerprint density at radius 2 is 1.81 bits per heavy atom. The van der Waals surface area contributed by atoms with Gasteiger partial charge in [0.1, 0.15) is 12.4 Å². The zero-order valence-corrected chi connectivity index (χ0v) is 17.6. The van der Waals surface area contributed by atoms with Crippen LogP contribution in [0.2, 0.25) is 5.02 Å². The number of anilines is 1. The first-order valence-corrected chi connectivity index (χ1v) is 10.8. The second-order valence-electron chi connectivity index (χ2n) is 6.31. The molecule has 1 aromatic heterocycles. The minimum Gasteiger partial charge on any atom is -0.487 e. The maximum atomic E-state index is 12.6.